The minimum atomic E-state index is -3.21. The van der Waals surface area contributed by atoms with Crippen molar-refractivity contribution in [3.05, 3.63) is 30.1 Å². The number of sulfonamides is 1. The molecule has 120 valence electrons. The van der Waals surface area contributed by atoms with Crippen LogP contribution >= 0.6 is 0 Å². The molecule has 0 N–H and O–H groups in total. The van der Waals surface area contributed by atoms with Crippen molar-refractivity contribution in [1.82, 2.24) is 4.31 Å². The van der Waals surface area contributed by atoms with E-state index < -0.39 is 10.0 Å². The smallest absolute Gasteiger partial charge is 0.227 e. The van der Waals surface area contributed by atoms with Crippen LogP contribution in [0.2, 0.25) is 0 Å². The maximum atomic E-state index is 13.0. The van der Waals surface area contributed by atoms with Gasteiger partial charge in [0.2, 0.25) is 15.9 Å². The van der Waals surface area contributed by atoms with E-state index in [2.05, 4.69) is 0 Å². The number of nitrogens with zero attached hydrogens (tertiary/aromatic N) is 2. The lowest BCUT2D eigenvalue weighted by Gasteiger charge is -2.24. The van der Waals surface area contributed by atoms with Gasteiger partial charge in [0.15, 0.2) is 0 Å². The first-order chi connectivity index (χ1) is 10.4. The lowest BCUT2D eigenvalue weighted by molar-refractivity contribution is -0.117. The zero-order valence-corrected chi connectivity index (χ0v) is 13.3. The third-order valence-corrected chi connectivity index (χ3v) is 6.45. The Balaban J connectivity index is 1.79. The minimum Gasteiger partial charge on any atom is -0.312 e. The van der Waals surface area contributed by atoms with Gasteiger partial charge in [0.25, 0.3) is 0 Å². The van der Waals surface area contributed by atoms with Crippen molar-refractivity contribution < 1.29 is 17.6 Å². The van der Waals surface area contributed by atoms with Crippen molar-refractivity contribution in [3.8, 4) is 0 Å². The molecule has 0 radical (unpaired) electrons. The summed E-state index contributed by atoms with van der Waals surface area (Å²) in [7, 11) is -3.21. The average molecular weight is 326 g/mol. The van der Waals surface area contributed by atoms with Gasteiger partial charge in [0, 0.05) is 37.2 Å². The van der Waals surface area contributed by atoms with Crippen LogP contribution in [0, 0.1) is 11.2 Å². The van der Waals surface area contributed by atoms with Gasteiger partial charge in [-0.25, -0.2) is 17.1 Å². The second kappa shape index (κ2) is 5.31. The highest BCUT2D eigenvalue weighted by Crippen LogP contribution is 2.42. The molecular weight excluding hydrogens is 307 g/mol. The van der Waals surface area contributed by atoms with E-state index in [1.165, 1.54) is 16.4 Å². The van der Waals surface area contributed by atoms with Gasteiger partial charge in [-0.2, -0.15) is 0 Å². The van der Waals surface area contributed by atoms with Gasteiger partial charge < -0.3 is 4.90 Å². The quantitative estimate of drug-likeness (QED) is 0.848. The fraction of sp³-hybridized carbons (Fsp3) is 0.533. The third-order valence-electron chi connectivity index (χ3n) is 4.62. The highest BCUT2D eigenvalue weighted by Gasteiger charge is 2.49. The van der Waals surface area contributed by atoms with Crippen molar-refractivity contribution in [2.45, 2.75) is 19.8 Å². The second-order valence-electron chi connectivity index (χ2n) is 6.12. The summed E-state index contributed by atoms with van der Waals surface area (Å²) in [5, 5.41) is 0. The van der Waals surface area contributed by atoms with E-state index in [0.717, 1.165) is 0 Å². The van der Waals surface area contributed by atoms with Gasteiger partial charge in [-0.1, -0.05) is 0 Å². The zero-order valence-electron chi connectivity index (χ0n) is 12.5. The van der Waals surface area contributed by atoms with Crippen LogP contribution < -0.4 is 4.90 Å². The highest BCUT2D eigenvalue weighted by atomic mass is 32.2. The number of benzene rings is 1. The molecule has 22 heavy (non-hydrogen) atoms. The van der Waals surface area contributed by atoms with Crippen LogP contribution in [0.3, 0.4) is 0 Å². The van der Waals surface area contributed by atoms with Crippen molar-refractivity contribution in [2.75, 3.05) is 30.3 Å². The molecule has 0 bridgehead atoms. The molecule has 0 saturated carbocycles. The monoisotopic (exact) mass is 326 g/mol. The lowest BCUT2D eigenvalue weighted by Crippen LogP contribution is -2.34. The van der Waals surface area contributed by atoms with Crippen LogP contribution in [0.4, 0.5) is 10.1 Å². The van der Waals surface area contributed by atoms with Crippen LogP contribution in [0.25, 0.3) is 0 Å². The molecule has 5 nitrogen and oxygen atoms in total. The summed E-state index contributed by atoms with van der Waals surface area (Å²) < 4.78 is 38.5. The van der Waals surface area contributed by atoms with E-state index in [1.54, 1.807) is 24.0 Å². The summed E-state index contributed by atoms with van der Waals surface area (Å²) in [5.41, 5.74) is 0.355. The van der Waals surface area contributed by atoms with Gasteiger partial charge >= 0.3 is 0 Å². The van der Waals surface area contributed by atoms with Gasteiger partial charge in [-0.15, -0.1) is 0 Å². The van der Waals surface area contributed by atoms with Crippen molar-refractivity contribution in [2.24, 2.45) is 5.41 Å². The average Bonchev–Trinajstić information content (AvgIpc) is 3.04. The standard InChI is InChI=1S/C15H19FN2O3S/c1-2-22(20,21)17-8-7-15(10-17)9-14(19)18(11-15)13-5-3-12(16)4-6-13/h3-6H,2,7-11H2,1H3/t15-/m0/s1. The maximum Gasteiger partial charge on any atom is 0.227 e. The molecule has 3 rings (SSSR count). The number of hydrogen-bond acceptors (Lipinski definition) is 3. The van der Waals surface area contributed by atoms with Crippen molar-refractivity contribution in [3.63, 3.8) is 0 Å². The first-order valence-electron chi connectivity index (χ1n) is 7.39. The summed E-state index contributed by atoms with van der Waals surface area (Å²) >= 11 is 0. The molecule has 1 atom stereocenters. The molecule has 2 aliphatic rings. The summed E-state index contributed by atoms with van der Waals surface area (Å²) in [5.74, 6) is -0.285. The molecule has 2 saturated heterocycles. The lowest BCUT2D eigenvalue weighted by atomic mass is 9.86. The van der Waals surface area contributed by atoms with E-state index in [1.807, 2.05) is 0 Å². The van der Waals surface area contributed by atoms with Gasteiger partial charge in [0.1, 0.15) is 5.82 Å². The Morgan fingerprint density at radius 3 is 2.55 bits per heavy atom. The summed E-state index contributed by atoms with van der Waals surface area (Å²) in [6.07, 6.45) is 1.04. The zero-order chi connectivity index (χ0) is 16.0. The number of amides is 1. The molecule has 7 heteroatoms. The Labute approximate surface area is 129 Å². The maximum absolute atomic E-state index is 13.0. The summed E-state index contributed by atoms with van der Waals surface area (Å²) in [6.45, 7) is 2.99. The topological polar surface area (TPSA) is 57.7 Å². The van der Waals surface area contributed by atoms with Gasteiger partial charge in [-0.3, -0.25) is 4.79 Å². The second-order valence-corrected chi connectivity index (χ2v) is 8.37. The molecular formula is C15H19FN2O3S. The number of rotatable bonds is 3. The molecule has 2 fully saturated rings. The Morgan fingerprint density at radius 1 is 1.23 bits per heavy atom. The fourth-order valence-electron chi connectivity index (χ4n) is 3.34. The van der Waals surface area contributed by atoms with Crippen molar-refractivity contribution in [1.29, 1.82) is 0 Å². The summed E-state index contributed by atoms with van der Waals surface area (Å²) in [6, 6.07) is 5.83. The number of carbonyl (C=O) groups excluding carboxylic acids is 1. The van der Waals surface area contributed by atoms with Crippen LogP contribution in [-0.2, 0) is 14.8 Å². The fourth-order valence-corrected chi connectivity index (χ4v) is 4.54. The Morgan fingerprint density at radius 2 is 1.91 bits per heavy atom. The van der Waals surface area contributed by atoms with Gasteiger partial charge in [0.05, 0.1) is 5.75 Å². The highest BCUT2D eigenvalue weighted by molar-refractivity contribution is 7.89. The first kappa shape index (κ1) is 15.4. The molecule has 1 aromatic carbocycles. The third kappa shape index (κ3) is 2.63. The van der Waals surface area contributed by atoms with E-state index in [9.17, 15) is 17.6 Å². The Hall–Kier alpha value is -1.47. The molecule has 0 aliphatic carbocycles. The molecule has 1 amide bonds. The van der Waals surface area contributed by atoms with E-state index in [-0.39, 0.29) is 22.9 Å². The molecule has 0 aromatic heterocycles. The Kier molecular flexibility index (Phi) is 3.72. The number of carbonyl (C=O) groups is 1. The molecule has 0 unspecified atom stereocenters. The van der Waals surface area contributed by atoms with Crippen LogP contribution in [-0.4, -0.2) is 44.0 Å². The summed E-state index contributed by atoms with van der Waals surface area (Å²) in [4.78, 5) is 14.0. The molecule has 1 spiro atoms. The van der Waals surface area contributed by atoms with E-state index in [0.29, 0.717) is 38.2 Å². The largest absolute Gasteiger partial charge is 0.312 e. The van der Waals surface area contributed by atoms with E-state index in [4.69, 9.17) is 0 Å². The predicted octanol–water partition coefficient (Wildman–Crippen LogP) is 1.60. The molecule has 2 heterocycles. The first-order valence-corrected chi connectivity index (χ1v) is 9.00. The van der Waals surface area contributed by atoms with Crippen molar-refractivity contribution >= 4 is 21.6 Å². The number of hydrogen-bond donors (Lipinski definition) is 0. The van der Waals surface area contributed by atoms with Gasteiger partial charge in [-0.05, 0) is 37.6 Å². The SMILES string of the molecule is CCS(=O)(=O)N1CC[C@]2(CC(=O)N(c3ccc(F)cc3)C2)C1. The van der Waals surface area contributed by atoms with Crippen LogP contribution in [0.5, 0.6) is 0 Å². The number of anilines is 1. The minimum absolute atomic E-state index is 0.0256. The van der Waals surface area contributed by atoms with Crippen LogP contribution in [0.15, 0.2) is 24.3 Å². The van der Waals surface area contributed by atoms with E-state index >= 15 is 0 Å². The predicted molar refractivity (Wildman–Crippen MR) is 81.5 cm³/mol. The molecule has 2 aliphatic heterocycles. The Bertz CT molecular complexity index is 689. The number of halogens is 1. The normalized spacial score (nSPS) is 26.3. The van der Waals surface area contributed by atoms with Crippen LogP contribution in [0.1, 0.15) is 19.8 Å². The molecule has 1 aromatic rings.